The number of amides is 2. The molecule has 0 heterocycles. The lowest BCUT2D eigenvalue weighted by Gasteiger charge is -2.15. The molecule has 1 N–H and O–H groups in total. The predicted octanol–water partition coefficient (Wildman–Crippen LogP) is 1.51. The standard InChI is InChI=1S/C15H18Cl2N2O5/c1-9(24-12-5-4-10(16)6-11(12)17)15(22)23-8-13(20)18-7-14(21)19(2)3/h4-6,9H,7-8H2,1-3H3,(H,18,20)/t9-/m0/s1. The first kappa shape index (κ1) is 20.1. The van der Waals surface area contributed by atoms with Gasteiger partial charge in [-0.3, -0.25) is 9.59 Å². The van der Waals surface area contributed by atoms with E-state index in [0.29, 0.717) is 5.02 Å². The third-order valence-corrected chi connectivity index (χ3v) is 3.34. The van der Waals surface area contributed by atoms with E-state index in [1.165, 1.54) is 24.0 Å². The number of ether oxygens (including phenoxy) is 2. The molecule has 2 amide bonds. The molecule has 0 aromatic heterocycles. The molecule has 0 spiro atoms. The fourth-order valence-corrected chi connectivity index (χ4v) is 1.90. The summed E-state index contributed by atoms with van der Waals surface area (Å²) in [4.78, 5) is 36.0. The molecule has 0 radical (unpaired) electrons. The van der Waals surface area contributed by atoms with Crippen molar-refractivity contribution < 1.29 is 23.9 Å². The minimum absolute atomic E-state index is 0.171. The highest BCUT2D eigenvalue weighted by molar-refractivity contribution is 6.35. The maximum Gasteiger partial charge on any atom is 0.347 e. The quantitative estimate of drug-likeness (QED) is 0.729. The Bertz CT molecular complexity index is 622. The predicted molar refractivity (Wildman–Crippen MR) is 89.2 cm³/mol. The summed E-state index contributed by atoms with van der Waals surface area (Å²) < 4.78 is 10.2. The molecule has 0 aliphatic carbocycles. The second-order valence-electron chi connectivity index (χ2n) is 5.01. The normalized spacial score (nSPS) is 11.4. The molecule has 24 heavy (non-hydrogen) atoms. The Hall–Kier alpha value is -1.99. The van der Waals surface area contributed by atoms with Crippen LogP contribution in [0.15, 0.2) is 18.2 Å². The van der Waals surface area contributed by atoms with Gasteiger partial charge >= 0.3 is 5.97 Å². The molecule has 0 aliphatic heterocycles. The lowest BCUT2D eigenvalue weighted by molar-refractivity contribution is -0.154. The zero-order chi connectivity index (χ0) is 18.3. The SMILES string of the molecule is C[C@H](Oc1ccc(Cl)cc1Cl)C(=O)OCC(=O)NCC(=O)N(C)C. The summed E-state index contributed by atoms with van der Waals surface area (Å²) in [6.07, 6.45) is -0.972. The van der Waals surface area contributed by atoms with Crippen LogP contribution in [0.2, 0.25) is 10.0 Å². The van der Waals surface area contributed by atoms with Gasteiger partial charge in [-0.15, -0.1) is 0 Å². The van der Waals surface area contributed by atoms with E-state index in [1.807, 2.05) is 0 Å². The number of carbonyl (C=O) groups excluding carboxylic acids is 3. The molecule has 1 aromatic carbocycles. The summed E-state index contributed by atoms with van der Waals surface area (Å²) in [6, 6.07) is 4.57. The van der Waals surface area contributed by atoms with Gasteiger partial charge in [0.1, 0.15) is 5.75 Å². The van der Waals surface area contributed by atoms with Crippen molar-refractivity contribution in [2.75, 3.05) is 27.2 Å². The number of hydrogen-bond acceptors (Lipinski definition) is 5. The average Bonchev–Trinajstić information content (AvgIpc) is 2.52. The van der Waals surface area contributed by atoms with Gasteiger partial charge in [-0.25, -0.2) is 4.79 Å². The second kappa shape index (κ2) is 9.34. The van der Waals surface area contributed by atoms with E-state index in [4.69, 9.17) is 32.7 Å². The van der Waals surface area contributed by atoms with Crippen LogP contribution in [0.25, 0.3) is 0 Å². The monoisotopic (exact) mass is 376 g/mol. The first-order valence-electron chi connectivity index (χ1n) is 6.96. The van der Waals surface area contributed by atoms with Crippen molar-refractivity contribution in [3.63, 3.8) is 0 Å². The highest BCUT2D eigenvalue weighted by Crippen LogP contribution is 2.28. The van der Waals surface area contributed by atoms with Crippen molar-refractivity contribution in [2.45, 2.75) is 13.0 Å². The van der Waals surface area contributed by atoms with E-state index in [-0.39, 0.29) is 23.2 Å². The van der Waals surface area contributed by atoms with Gasteiger partial charge in [0, 0.05) is 19.1 Å². The molecule has 0 fully saturated rings. The maximum absolute atomic E-state index is 11.8. The van der Waals surface area contributed by atoms with Crippen molar-refractivity contribution in [1.29, 1.82) is 0 Å². The summed E-state index contributed by atoms with van der Waals surface area (Å²) in [7, 11) is 3.13. The number of benzene rings is 1. The number of carbonyl (C=O) groups is 3. The molecule has 0 bridgehead atoms. The summed E-state index contributed by atoms with van der Waals surface area (Å²) >= 11 is 11.7. The fourth-order valence-electron chi connectivity index (χ4n) is 1.45. The Kier molecular flexibility index (Phi) is 7.81. The van der Waals surface area contributed by atoms with Crippen molar-refractivity contribution in [3.8, 4) is 5.75 Å². The van der Waals surface area contributed by atoms with E-state index in [1.54, 1.807) is 20.2 Å². The van der Waals surface area contributed by atoms with Gasteiger partial charge in [-0.05, 0) is 25.1 Å². The molecule has 1 rings (SSSR count). The number of hydrogen-bond donors (Lipinski definition) is 1. The lowest BCUT2D eigenvalue weighted by atomic mass is 10.3. The maximum atomic E-state index is 11.8. The Morgan fingerprint density at radius 3 is 2.50 bits per heavy atom. The van der Waals surface area contributed by atoms with Crippen molar-refractivity contribution in [3.05, 3.63) is 28.2 Å². The highest BCUT2D eigenvalue weighted by atomic mass is 35.5. The minimum Gasteiger partial charge on any atom is -0.477 e. The summed E-state index contributed by atoms with van der Waals surface area (Å²) in [6.45, 7) is 0.776. The van der Waals surface area contributed by atoms with E-state index < -0.39 is 24.6 Å². The van der Waals surface area contributed by atoms with Crippen LogP contribution in [0.1, 0.15) is 6.92 Å². The van der Waals surface area contributed by atoms with Crippen LogP contribution in [0, 0.1) is 0 Å². The van der Waals surface area contributed by atoms with E-state index >= 15 is 0 Å². The molecular formula is C15H18Cl2N2O5. The molecular weight excluding hydrogens is 359 g/mol. The zero-order valence-corrected chi connectivity index (χ0v) is 15.0. The van der Waals surface area contributed by atoms with E-state index in [2.05, 4.69) is 5.32 Å². The van der Waals surface area contributed by atoms with Crippen molar-refractivity contribution >= 4 is 41.0 Å². The smallest absolute Gasteiger partial charge is 0.347 e. The number of esters is 1. The Morgan fingerprint density at radius 2 is 1.92 bits per heavy atom. The highest BCUT2D eigenvalue weighted by Gasteiger charge is 2.19. The van der Waals surface area contributed by atoms with Gasteiger partial charge in [-0.1, -0.05) is 23.2 Å². The van der Waals surface area contributed by atoms with Crippen LogP contribution < -0.4 is 10.1 Å². The lowest BCUT2D eigenvalue weighted by Crippen LogP contribution is -2.39. The summed E-state index contributed by atoms with van der Waals surface area (Å²) in [5, 5.41) is 3.03. The minimum atomic E-state index is -0.972. The first-order valence-corrected chi connectivity index (χ1v) is 7.71. The molecule has 1 aromatic rings. The van der Waals surface area contributed by atoms with E-state index in [0.717, 1.165) is 0 Å². The van der Waals surface area contributed by atoms with Gasteiger partial charge < -0.3 is 19.7 Å². The molecule has 9 heteroatoms. The number of nitrogens with zero attached hydrogens (tertiary/aromatic N) is 1. The molecule has 1 atom stereocenters. The fraction of sp³-hybridized carbons (Fsp3) is 0.400. The van der Waals surface area contributed by atoms with Gasteiger partial charge in [0.05, 0.1) is 11.6 Å². The third kappa shape index (κ3) is 6.64. The molecule has 0 saturated carbocycles. The van der Waals surface area contributed by atoms with Gasteiger partial charge in [-0.2, -0.15) is 0 Å². The average molecular weight is 377 g/mol. The molecule has 0 aliphatic rings. The Balaban J connectivity index is 2.41. The van der Waals surface area contributed by atoms with Crippen LogP contribution in [0.3, 0.4) is 0 Å². The second-order valence-corrected chi connectivity index (χ2v) is 5.85. The first-order chi connectivity index (χ1) is 11.2. The van der Waals surface area contributed by atoms with Crippen LogP contribution in [0.4, 0.5) is 0 Å². The molecule has 0 unspecified atom stereocenters. The van der Waals surface area contributed by atoms with Crippen LogP contribution in [0.5, 0.6) is 5.75 Å². The third-order valence-electron chi connectivity index (χ3n) is 2.81. The van der Waals surface area contributed by atoms with Crippen LogP contribution >= 0.6 is 23.2 Å². The number of likely N-dealkylation sites (N-methyl/N-ethyl adjacent to an activating group) is 1. The Morgan fingerprint density at radius 1 is 1.25 bits per heavy atom. The van der Waals surface area contributed by atoms with Gasteiger partial charge in [0.2, 0.25) is 5.91 Å². The van der Waals surface area contributed by atoms with Crippen LogP contribution in [-0.2, 0) is 19.1 Å². The van der Waals surface area contributed by atoms with Gasteiger partial charge in [0.15, 0.2) is 12.7 Å². The van der Waals surface area contributed by atoms with Gasteiger partial charge in [0.25, 0.3) is 5.91 Å². The van der Waals surface area contributed by atoms with E-state index in [9.17, 15) is 14.4 Å². The molecule has 0 saturated heterocycles. The zero-order valence-electron chi connectivity index (χ0n) is 13.5. The topological polar surface area (TPSA) is 84.9 Å². The van der Waals surface area contributed by atoms with Crippen molar-refractivity contribution in [2.24, 2.45) is 0 Å². The number of halogens is 2. The largest absolute Gasteiger partial charge is 0.477 e. The Labute approximate surface area is 149 Å². The number of rotatable bonds is 7. The molecule has 7 nitrogen and oxygen atoms in total. The summed E-state index contributed by atoms with van der Waals surface area (Å²) in [5.41, 5.74) is 0. The van der Waals surface area contributed by atoms with Crippen LogP contribution in [-0.4, -0.2) is 56.0 Å². The summed E-state index contributed by atoms with van der Waals surface area (Å²) in [5.74, 6) is -1.33. The van der Waals surface area contributed by atoms with Crippen molar-refractivity contribution in [1.82, 2.24) is 10.2 Å². The molecule has 132 valence electrons. The number of nitrogens with one attached hydrogen (secondary N) is 1.